The lowest BCUT2D eigenvalue weighted by Gasteiger charge is -2.18. The second-order valence-corrected chi connectivity index (χ2v) is 6.89. The van der Waals surface area contributed by atoms with Crippen LogP contribution >= 0.6 is 0 Å². The predicted molar refractivity (Wildman–Crippen MR) is 70.4 cm³/mol. The molecule has 0 radical (unpaired) electrons. The normalized spacial score (nSPS) is 22.4. The highest BCUT2D eigenvalue weighted by atomic mass is 32.2. The van der Waals surface area contributed by atoms with Crippen molar-refractivity contribution < 1.29 is 27.1 Å². The maximum Gasteiger partial charge on any atom is 0.335 e. The number of rotatable bonds is 4. The van der Waals surface area contributed by atoms with Crippen molar-refractivity contribution in [2.24, 2.45) is 5.92 Å². The molecule has 0 heterocycles. The van der Waals surface area contributed by atoms with Crippen LogP contribution in [0.2, 0.25) is 0 Å². The topological polar surface area (TPSA) is 83.5 Å². The van der Waals surface area contributed by atoms with Crippen LogP contribution in [-0.2, 0) is 10.0 Å². The van der Waals surface area contributed by atoms with E-state index in [4.69, 9.17) is 5.11 Å². The minimum absolute atomic E-state index is 0.0929. The number of carboxylic acid groups (broad SMARTS) is 1. The van der Waals surface area contributed by atoms with E-state index in [0.29, 0.717) is 18.6 Å². The van der Waals surface area contributed by atoms with Crippen LogP contribution in [0.5, 0.6) is 0 Å². The fraction of sp³-hybridized carbons (Fsp3) is 0.462. The zero-order valence-corrected chi connectivity index (χ0v) is 12.1. The van der Waals surface area contributed by atoms with E-state index in [-0.39, 0.29) is 12.0 Å². The summed E-state index contributed by atoms with van der Waals surface area (Å²) in [4.78, 5) is 9.86. The number of nitrogens with one attached hydrogen (secondary N) is 1. The number of carboxylic acids is 1. The first-order valence-corrected chi connectivity index (χ1v) is 7.95. The molecule has 0 aromatic heterocycles. The first-order chi connectivity index (χ1) is 9.72. The van der Waals surface area contributed by atoms with Gasteiger partial charge in [-0.25, -0.2) is 26.7 Å². The minimum Gasteiger partial charge on any atom is -0.478 e. The van der Waals surface area contributed by atoms with E-state index in [1.54, 1.807) is 0 Å². The fourth-order valence-corrected chi connectivity index (χ4v) is 3.96. The average Bonchev–Trinajstić information content (AvgIpc) is 2.77. The van der Waals surface area contributed by atoms with Crippen LogP contribution in [0.4, 0.5) is 8.78 Å². The van der Waals surface area contributed by atoms with Gasteiger partial charge in [0.1, 0.15) is 4.90 Å². The highest BCUT2D eigenvalue weighted by molar-refractivity contribution is 7.89. The number of hydrogen-bond donors (Lipinski definition) is 2. The van der Waals surface area contributed by atoms with E-state index in [2.05, 4.69) is 4.72 Å². The highest BCUT2D eigenvalue weighted by Crippen LogP contribution is 2.27. The Morgan fingerprint density at radius 1 is 1.33 bits per heavy atom. The Hall–Kier alpha value is -1.54. The van der Waals surface area contributed by atoms with Crippen molar-refractivity contribution in [3.63, 3.8) is 0 Å². The van der Waals surface area contributed by atoms with E-state index in [0.717, 1.165) is 12.8 Å². The first kappa shape index (κ1) is 15.8. The number of benzene rings is 1. The standard InChI is InChI=1S/C13H15F2NO4S/c1-7-3-2-4-10(7)16-21(19,20)11-6-8(13(17)18)5-9(14)12(11)15/h5-7,10,16H,2-4H2,1H3,(H,17,18). The summed E-state index contributed by atoms with van der Waals surface area (Å²) < 4.78 is 53.8. The lowest BCUT2D eigenvalue weighted by atomic mass is 10.1. The quantitative estimate of drug-likeness (QED) is 0.890. The molecule has 0 spiro atoms. The summed E-state index contributed by atoms with van der Waals surface area (Å²) in [5.41, 5.74) is -0.617. The molecule has 2 rings (SSSR count). The molecule has 8 heteroatoms. The van der Waals surface area contributed by atoms with Gasteiger partial charge in [-0.15, -0.1) is 0 Å². The summed E-state index contributed by atoms with van der Waals surface area (Å²) >= 11 is 0. The molecule has 5 nitrogen and oxygen atoms in total. The summed E-state index contributed by atoms with van der Waals surface area (Å²) in [5.74, 6) is -4.51. The van der Waals surface area contributed by atoms with E-state index >= 15 is 0 Å². The van der Waals surface area contributed by atoms with Gasteiger partial charge in [0.2, 0.25) is 10.0 Å². The molecule has 0 bridgehead atoms. The highest BCUT2D eigenvalue weighted by Gasteiger charge is 2.31. The molecule has 0 aliphatic heterocycles. The van der Waals surface area contributed by atoms with Gasteiger partial charge in [0.05, 0.1) is 5.56 Å². The summed E-state index contributed by atoms with van der Waals surface area (Å²) in [7, 11) is -4.31. The molecule has 1 aliphatic rings. The maximum atomic E-state index is 13.7. The number of aromatic carboxylic acids is 1. The van der Waals surface area contributed by atoms with Gasteiger partial charge in [-0.05, 0) is 30.9 Å². The number of hydrogen-bond acceptors (Lipinski definition) is 3. The third-order valence-corrected chi connectivity index (χ3v) is 5.19. The van der Waals surface area contributed by atoms with Gasteiger partial charge in [0.15, 0.2) is 11.6 Å². The number of sulfonamides is 1. The molecule has 2 N–H and O–H groups in total. The summed E-state index contributed by atoms with van der Waals surface area (Å²) in [5, 5.41) is 8.81. The Morgan fingerprint density at radius 3 is 2.52 bits per heavy atom. The number of carbonyl (C=O) groups is 1. The fourth-order valence-electron chi connectivity index (χ4n) is 2.47. The van der Waals surface area contributed by atoms with E-state index in [1.807, 2.05) is 6.92 Å². The SMILES string of the molecule is CC1CCCC1NS(=O)(=O)c1cc(C(=O)O)cc(F)c1F. The lowest BCUT2D eigenvalue weighted by Crippen LogP contribution is -2.37. The number of halogens is 2. The van der Waals surface area contributed by atoms with Crippen LogP contribution in [0, 0.1) is 17.6 Å². The first-order valence-electron chi connectivity index (χ1n) is 6.47. The van der Waals surface area contributed by atoms with Crippen LogP contribution in [0.1, 0.15) is 36.5 Å². The minimum atomic E-state index is -4.31. The van der Waals surface area contributed by atoms with Gasteiger partial charge in [-0.1, -0.05) is 13.3 Å². The molecule has 2 unspecified atom stereocenters. The Kier molecular flexibility index (Phi) is 4.29. The molecule has 1 saturated carbocycles. The van der Waals surface area contributed by atoms with Gasteiger partial charge >= 0.3 is 5.97 Å². The van der Waals surface area contributed by atoms with E-state index < -0.39 is 38.1 Å². The van der Waals surface area contributed by atoms with Crippen molar-refractivity contribution in [3.05, 3.63) is 29.3 Å². The van der Waals surface area contributed by atoms with Gasteiger partial charge < -0.3 is 5.11 Å². The van der Waals surface area contributed by atoms with Crippen molar-refractivity contribution >= 4 is 16.0 Å². The second kappa shape index (κ2) is 5.69. The predicted octanol–water partition coefficient (Wildman–Crippen LogP) is 2.13. The van der Waals surface area contributed by atoms with Crippen LogP contribution in [0.25, 0.3) is 0 Å². The molecule has 21 heavy (non-hydrogen) atoms. The molecule has 1 fully saturated rings. The lowest BCUT2D eigenvalue weighted by molar-refractivity contribution is 0.0696. The van der Waals surface area contributed by atoms with Gasteiger partial charge in [-0.3, -0.25) is 0 Å². The maximum absolute atomic E-state index is 13.7. The molecule has 116 valence electrons. The zero-order chi connectivity index (χ0) is 15.8. The molecule has 2 atom stereocenters. The molecular formula is C13H15F2NO4S. The van der Waals surface area contributed by atoms with Gasteiger partial charge in [0, 0.05) is 6.04 Å². The smallest absolute Gasteiger partial charge is 0.335 e. The molecule has 1 aromatic rings. The molecule has 1 aromatic carbocycles. The summed E-state index contributed by atoms with van der Waals surface area (Å²) in [6, 6.07) is 0.725. The van der Waals surface area contributed by atoms with Crippen molar-refractivity contribution in [2.75, 3.05) is 0 Å². The molecule has 0 saturated heterocycles. The van der Waals surface area contributed by atoms with Crippen LogP contribution in [0.15, 0.2) is 17.0 Å². The Balaban J connectivity index is 2.41. The summed E-state index contributed by atoms with van der Waals surface area (Å²) in [6.07, 6.45) is 2.31. The van der Waals surface area contributed by atoms with Crippen molar-refractivity contribution in [1.29, 1.82) is 0 Å². The Labute approximate surface area is 121 Å². The average molecular weight is 319 g/mol. The van der Waals surface area contributed by atoms with Gasteiger partial charge in [0.25, 0.3) is 0 Å². The third kappa shape index (κ3) is 3.21. The van der Waals surface area contributed by atoms with E-state index in [1.165, 1.54) is 0 Å². The van der Waals surface area contributed by atoms with Crippen molar-refractivity contribution in [2.45, 2.75) is 37.1 Å². The van der Waals surface area contributed by atoms with Crippen LogP contribution in [0.3, 0.4) is 0 Å². The Bertz CT molecular complexity index is 675. The molecule has 0 amide bonds. The molecular weight excluding hydrogens is 304 g/mol. The van der Waals surface area contributed by atoms with Crippen LogP contribution in [-0.4, -0.2) is 25.5 Å². The third-order valence-electron chi connectivity index (χ3n) is 3.70. The second-order valence-electron chi connectivity index (χ2n) is 5.21. The van der Waals surface area contributed by atoms with E-state index in [9.17, 15) is 22.0 Å². The largest absolute Gasteiger partial charge is 0.478 e. The molecule has 1 aliphatic carbocycles. The monoisotopic (exact) mass is 319 g/mol. The summed E-state index contributed by atoms with van der Waals surface area (Å²) in [6.45, 7) is 1.87. The van der Waals surface area contributed by atoms with Crippen LogP contribution < -0.4 is 4.72 Å². The van der Waals surface area contributed by atoms with Gasteiger partial charge in [-0.2, -0.15) is 0 Å². The zero-order valence-electron chi connectivity index (χ0n) is 11.3. The van der Waals surface area contributed by atoms with Crippen molar-refractivity contribution in [3.8, 4) is 0 Å². The van der Waals surface area contributed by atoms with Crippen molar-refractivity contribution in [1.82, 2.24) is 4.72 Å². The Morgan fingerprint density at radius 2 is 2.00 bits per heavy atom.